The van der Waals surface area contributed by atoms with Crippen molar-refractivity contribution in [2.75, 3.05) is 40.5 Å². The number of carbonyl (C=O) groups excluding carboxylic acids is 2. The minimum Gasteiger partial charge on any atom is -0.383 e. The van der Waals surface area contributed by atoms with Crippen LogP contribution in [-0.2, 0) is 25.6 Å². The molecule has 0 spiro atoms. The zero-order valence-corrected chi connectivity index (χ0v) is 17.6. The molecule has 7 nitrogen and oxygen atoms in total. The Morgan fingerprint density at radius 2 is 1.50 bits per heavy atom. The van der Waals surface area contributed by atoms with Crippen LogP contribution in [0, 0.1) is 6.92 Å². The highest BCUT2D eigenvalue weighted by atomic mass is 16.5. The Balaban J connectivity index is 2.03. The van der Waals surface area contributed by atoms with E-state index in [1.54, 1.807) is 38.7 Å². The summed E-state index contributed by atoms with van der Waals surface area (Å²) in [5, 5.41) is 0. The molecular formula is C23H27N3O4. The molecule has 7 heteroatoms. The summed E-state index contributed by atoms with van der Waals surface area (Å²) >= 11 is 0. The number of benzene rings is 1. The maximum Gasteiger partial charge on any atom is 0.278 e. The second kappa shape index (κ2) is 10.1. The van der Waals surface area contributed by atoms with Crippen molar-refractivity contribution in [3.05, 3.63) is 71.2 Å². The van der Waals surface area contributed by atoms with Gasteiger partial charge in [-0.25, -0.2) is 0 Å². The van der Waals surface area contributed by atoms with E-state index < -0.39 is 0 Å². The molecule has 0 saturated carbocycles. The first kappa shape index (κ1) is 21.7. The number of nitrogens with zero attached hydrogens (tertiary/aromatic N) is 3. The SMILES string of the molecule is COCCN(CCOC)C1=C(c2ccc(C)cc2)C(=O)N(Cc2ccncc2)C1=O. The number of carbonyl (C=O) groups is 2. The van der Waals surface area contributed by atoms with E-state index in [9.17, 15) is 9.59 Å². The highest BCUT2D eigenvalue weighted by molar-refractivity contribution is 6.35. The van der Waals surface area contributed by atoms with Crippen molar-refractivity contribution in [3.8, 4) is 0 Å². The van der Waals surface area contributed by atoms with Crippen molar-refractivity contribution in [2.45, 2.75) is 13.5 Å². The van der Waals surface area contributed by atoms with Gasteiger partial charge in [0.1, 0.15) is 5.70 Å². The van der Waals surface area contributed by atoms with Crippen LogP contribution in [0.5, 0.6) is 0 Å². The second-order valence-electron chi connectivity index (χ2n) is 7.11. The van der Waals surface area contributed by atoms with E-state index in [0.29, 0.717) is 37.6 Å². The standard InChI is InChI=1S/C23H27N3O4/c1-17-4-6-19(7-5-17)20-21(25(12-14-29-2)13-15-30-3)23(28)26(22(20)27)16-18-8-10-24-11-9-18/h4-11H,12-16H2,1-3H3. The molecule has 1 aromatic carbocycles. The van der Waals surface area contributed by atoms with Crippen molar-refractivity contribution >= 4 is 17.4 Å². The fourth-order valence-corrected chi connectivity index (χ4v) is 3.39. The number of amides is 2. The molecule has 30 heavy (non-hydrogen) atoms. The Bertz CT molecular complexity index is 902. The molecule has 0 fully saturated rings. The predicted octanol–water partition coefficient (Wildman–Crippen LogP) is 2.26. The van der Waals surface area contributed by atoms with Crippen molar-refractivity contribution in [3.63, 3.8) is 0 Å². The Morgan fingerprint density at radius 1 is 0.900 bits per heavy atom. The van der Waals surface area contributed by atoms with Gasteiger partial charge in [-0.1, -0.05) is 29.8 Å². The number of aromatic nitrogens is 1. The summed E-state index contributed by atoms with van der Waals surface area (Å²) in [6.07, 6.45) is 3.30. The van der Waals surface area contributed by atoms with E-state index in [-0.39, 0.29) is 18.4 Å². The fourth-order valence-electron chi connectivity index (χ4n) is 3.39. The molecule has 0 atom stereocenters. The molecule has 1 aliphatic rings. The van der Waals surface area contributed by atoms with Gasteiger partial charge in [-0.2, -0.15) is 0 Å². The Labute approximate surface area is 176 Å². The summed E-state index contributed by atoms with van der Waals surface area (Å²) in [6, 6.07) is 11.3. The van der Waals surface area contributed by atoms with Gasteiger partial charge in [-0.15, -0.1) is 0 Å². The summed E-state index contributed by atoms with van der Waals surface area (Å²) in [4.78, 5) is 34.0. The Morgan fingerprint density at radius 3 is 2.07 bits per heavy atom. The zero-order valence-electron chi connectivity index (χ0n) is 17.6. The second-order valence-corrected chi connectivity index (χ2v) is 7.11. The number of pyridine rings is 1. The van der Waals surface area contributed by atoms with E-state index in [4.69, 9.17) is 9.47 Å². The molecule has 0 unspecified atom stereocenters. The van der Waals surface area contributed by atoms with E-state index in [1.165, 1.54) is 4.90 Å². The summed E-state index contributed by atoms with van der Waals surface area (Å²) < 4.78 is 10.5. The summed E-state index contributed by atoms with van der Waals surface area (Å²) in [5.41, 5.74) is 3.47. The first-order valence-electron chi connectivity index (χ1n) is 9.86. The lowest BCUT2D eigenvalue weighted by Gasteiger charge is -2.25. The molecule has 0 bridgehead atoms. The van der Waals surface area contributed by atoms with Crippen molar-refractivity contribution in [1.82, 2.24) is 14.8 Å². The van der Waals surface area contributed by atoms with Gasteiger partial charge in [0.25, 0.3) is 11.8 Å². The molecule has 0 radical (unpaired) electrons. The van der Waals surface area contributed by atoms with Crippen molar-refractivity contribution in [1.29, 1.82) is 0 Å². The van der Waals surface area contributed by atoms with E-state index in [2.05, 4.69) is 4.98 Å². The van der Waals surface area contributed by atoms with Crippen LogP contribution in [0.1, 0.15) is 16.7 Å². The average molecular weight is 409 g/mol. The monoisotopic (exact) mass is 409 g/mol. The lowest BCUT2D eigenvalue weighted by Crippen LogP contribution is -2.37. The van der Waals surface area contributed by atoms with Crippen LogP contribution >= 0.6 is 0 Å². The smallest absolute Gasteiger partial charge is 0.278 e. The molecule has 0 saturated heterocycles. The number of ether oxygens (including phenoxy) is 2. The predicted molar refractivity (Wildman–Crippen MR) is 113 cm³/mol. The average Bonchev–Trinajstić information content (AvgIpc) is 3.00. The molecule has 158 valence electrons. The first-order valence-corrected chi connectivity index (χ1v) is 9.86. The van der Waals surface area contributed by atoms with E-state index in [1.807, 2.05) is 36.1 Å². The molecule has 1 aromatic heterocycles. The fraction of sp³-hybridized carbons (Fsp3) is 0.348. The maximum absolute atomic E-state index is 13.4. The third-order valence-corrected chi connectivity index (χ3v) is 5.02. The maximum atomic E-state index is 13.4. The molecule has 2 amide bonds. The lowest BCUT2D eigenvalue weighted by molar-refractivity contribution is -0.138. The number of hydrogen-bond acceptors (Lipinski definition) is 6. The summed E-state index contributed by atoms with van der Waals surface area (Å²) in [7, 11) is 3.22. The highest BCUT2D eigenvalue weighted by Gasteiger charge is 2.41. The summed E-state index contributed by atoms with van der Waals surface area (Å²) in [6.45, 7) is 4.00. The molecule has 0 aliphatic carbocycles. The minimum absolute atomic E-state index is 0.196. The van der Waals surface area contributed by atoms with E-state index >= 15 is 0 Å². The van der Waals surface area contributed by atoms with Crippen LogP contribution in [0.4, 0.5) is 0 Å². The largest absolute Gasteiger partial charge is 0.383 e. The third kappa shape index (κ3) is 4.75. The van der Waals surface area contributed by atoms with Gasteiger partial charge >= 0.3 is 0 Å². The van der Waals surface area contributed by atoms with Crippen molar-refractivity contribution in [2.24, 2.45) is 0 Å². The lowest BCUT2D eigenvalue weighted by atomic mass is 10.0. The van der Waals surface area contributed by atoms with Crippen LogP contribution in [0.2, 0.25) is 0 Å². The highest BCUT2D eigenvalue weighted by Crippen LogP contribution is 2.32. The van der Waals surface area contributed by atoms with Crippen LogP contribution in [0.3, 0.4) is 0 Å². The summed E-state index contributed by atoms with van der Waals surface area (Å²) in [5.74, 6) is -0.602. The van der Waals surface area contributed by atoms with Gasteiger partial charge < -0.3 is 14.4 Å². The van der Waals surface area contributed by atoms with Gasteiger partial charge in [0.05, 0.1) is 25.3 Å². The van der Waals surface area contributed by atoms with E-state index in [0.717, 1.165) is 16.7 Å². The molecule has 2 heterocycles. The zero-order chi connectivity index (χ0) is 21.5. The van der Waals surface area contributed by atoms with Crippen LogP contribution in [0.25, 0.3) is 5.57 Å². The topological polar surface area (TPSA) is 72.0 Å². The molecule has 2 aromatic rings. The molecular weight excluding hydrogens is 382 g/mol. The number of rotatable bonds is 10. The Hall–Kier alpha value is -3.03. The van der Waals surface area contributed by atoms with Crippen LogP contribution in [0.15, 0.2) is 54.5 Å². The molecule has 1 aliphatic heterocycles. The number of imide groups is 1. The van der Waals surface area contributed by atoms with Gasteiger partial charge in [0, 0.05) is 39.7 Å². The number of hydrogen-bond donors (Lipinski definition) is 0. The third-order valence-electron chi connectivity index (χ3n) is 5.02. The Kier molecular flexibility index (Phi) is 7.32. The van der Waals surface area contributed by atoms with Gasteiger partial charge in [0.2, 0.25) is 0 Å². The number of methoxy groups -OCH3 is 2. The van der Waals surface area contributed by atoms with Crippen molar-refractivity contribution < 1.29 is 19.1 Å². The van der Waals surface area contributed by atoms with Gasteiger partial charge in [-0.3, -0.25) is 19.5 Å². The molecule has 0 N–H and O–H groups in total. The molecule has 3 rings (SSSR count). The van der Waals surface area contributed by atoms with Gasteiger partial charge in [-0.05, 0) is 30.2 Å². The quantitative estimate of drug-likeness (QED) is 0.561. The number of aryl methyl sites for hydroxylation is 1. The minimum atomic E-state index is -0.306. The first-order chi connectivity index (χ1) is 14.6. The van der Waals surface area contributed by atoms with Crippen LogP contribution < -0.4 is 0 Å². The normalized spacial score (nSPS) is 14.0. The van der Waals surface area contributed by atoms with Crippen LogP contribution in [-0.4, -0.2) is 67.1 Å². The van der Waals surface area contributed by atoms with Gasteiger partial charge in [0.15, 0.2) is 0 Å².